The van der Waals surface area contributed by atoms with Crippen LogP contribution in [0.25, 0.3) is 5.76 Å². The van der Waals surface area contributed by atoms with Gasteiger partial charge in [0.15, 0.2) is 5.57 Å². The summed E-state index contributed by atoms with van der Waals surface area (Å²) in [6.07, 6.45) is -4.50. The molecule has 0 bridgehead atoms. The molecule has 0 unspecified atom stereocenters. The van der Waals surface area contributed by atoms with E-state index in [0.29, 0.717) is 0 Å². The molecule has 0 saturated heterocycles. The average Bonchev–Trinajstić information content (AvgIpc) is 2.28. The highest BCUT2D eigenvalue weighted by molar-refractivity contribution is 6.02. The third-order valence-corrected chi connectivity index (χ3v) is 2.08. The lowest BCUT2D eigenvalue weighted by Crippen LogP contribution is -2.14. The minimum Gasteiger partial charge on any atom is -0.506 e. The van der Waals surface area contributed by atoms with Crippen molar-refractivity contribution in [3.05, 3.63) is 41.0 Å². The highest BCUT2D eigenvalue weighted by Crippen LogP contribution is 2.30. The van der Waals surface area contributed by atoms with Crippen molar-refractivity contribution in [3.63, 3.8) is 0 Å². The molecule has 1 amide bonds. The van der Waals surface area contributed by atoms with Gasteiger partial charge in [0.05, 0.1) is 5.56 Å². The van der Waals surface area contributed by atoms with Crippen molar-refractivity contribution in [1.82, 2.24) is 0 Å². The van der Waals surface area contributed by atoms with Gasteiger partial charge >= 0.3 is 6.18 Å². The third-order valence-electron chi connectivity index (χ3n) is 2.08. The lowest BCUT2D eigenvalue weighted by molar-refractivity contribution is -0.137. The van der Waals surface area contributed by atoms with Gasteiger partial charge in [0.25, 0.3) is 5.91 Å². The molecular formula is C11H7F3N2O2. The molecule has 0 aliphatic rings. The summed E-state index contributed by atoms with van der Waals surface area (Å²) in [7, 11) is 0. The Labute approximate surface area is 99.8 Å². The minimum absolute atomic E-state index is 0.0987. The Balaban J connectivity index is 3.22. The number of carbonyl (C=O) groups excluding carboxylic acids is 1. The van der Waals surface area contributed by atoms with E-state index in [9.17, 15) is 23.1 Å². The summed E-state index contributed by atoms with van der Waals surface area (Å²) in [5.41, 5.74) is 3.11. The summed E-state index contributed by atoms with van der Waals surface area (Å²) in [6, 6.07) is 4.71. The second kappa shape index (κ2) is 4.79. The van der Waals surface area contributed by atoms with Crippen molar-refractivity contribution < 1.29 is 23.1 Å². The maximum Gasteiger partial charge on any atom is 0.416 e. The summed E-state index contributed by atoms with van der Waals surface area (Å²) in [4.78, 5) is 10.8. The van der Waals surface area contributed by atoms with Crippen molar-refractivity contribution in [2.75, 3.05) is 0 Å². The van der Waals surface area contributed by atoms with E-state index in [1.807, 2.05) is 0 Å². The van der Waals surface area contributed by atoms with Crippen LogP contribution >= 0.6 is 0 Å². The fourth-order valence-corrected chi connectivity index (χ4v) is 1.19. The molecule has 0 saturated carbocycles. The topological polar surface area (TPSA) is 87.1 Å². The molecule has 1 rings (SSSR count). The van der Waals surface area contributed by atoms with Crippen molar-refractivity contribution in [2.24, 2.45) is 5.73 Å². The molecule has 0 atom stereocenters. The molecule has 0 fully saturated rings. The molecule has 0 spiro atoms. The van der Waals surface area contributed by atoms with E-state index in [0.717, 1.165) is 24.3 Å². The molecule has 0 aliphatic carbocycles. The number of nitriles is 1. The largest absolute Gasteiger partial charge is 0.506 e. The number of aliphatic hydroxyl groups is 1. The number of benzene rings is 1. The van der Waals surface area contributed by atoms with E-state index in [4.69, 9.17) is 11.0 Å². The van der Waals surface area contributed by atoms with Gasteiger partial charge < -0.3 is 10.8 Å². The minimum atomic E-state index is -4.50. The Hall–Kier alpha value is -2.49. The van der Waals surface area contributed by atoms with Crippen LogP contribution in [0.1, 0.15) is 11.1 Å². The predicted molar refractivity (Wildman–Crippen MR) is 55.8 cm³/mol. The predicted octanol–water partition coefficient (Wildman–Crippen LogP) is 1.98. The van der Waals surface area contributed by atoms with Crippen LogP contribution in [-0.4, -0.2) is 11.0 Å². The number of rotatable bonds is 2. The molecule has 1 aromatic rings. The summed E-state index contributed by atoms with van der Waals surface area (Å²) in [5, 5.41) is 18.1. The van der Waals surface area contributed by atoms with Gasteiger partial charge in [-0.25, -0.2) is 0 Å². The Kier molecular flexibility index (Phi) is 3.61. The van der Waals surface area contributed by atoms with Crippen LogP contribution in [0, 0.1) is 11.3 Å². The molecule has 94 valence electrons. The highest BCUT2D eigenvalue weighted by atomic mass is 19.4. The summed E-state index contributed by atoms with van der Waals surface area (Å²) < 4.78 is 36.8. The van der Waals surface area contributed by atoms with Crippen LogP contribution in [0.2, 0.25) is 0 Å². The van der Waals surface area contributed by atoms with Crippen LogP contribution < -0.4 is 5.73 Å². The number of primary amides is 1. The number of nitrogens with two attached hydrogens (primary N) is 1. The summed E-state index contributed by atoms with van der Waals surface area (Å²) in [5.74, 6) is -1.91. The SMILES string of the molecule is N#CC(C(N)=O)=C(O)c1ccc(C(F)(F)F)cc1. The van der Waals surface area contributed by atoms with Gasteiger partial charge in [0.2, 0.25) is 0 Å². The number of amides is 1. The standard InChI is InChI=1S/C11H7F3N2O2/c12-11(13,14)7-3-1-6(2-4-7)9(17)8(5-15)10(16)18/h1-4,17H,(H2,16,18). The van der Waals surface area contributed by atoms with Gasteiger partial charge in [-0.3, -0.25) is 4.79 Å². The molecule has 4 nitrogen and oxygen atoms in total. The summed E-state index contributed by atoms with van der Waals surface area (Å²) in [6.45, 7) is 0. The number of hydrogen-bond donors (Lipinski definition) is 2. The molecule has 0 aliphatic heterocycles. The first kappa shape index (κ1) is 13.6. The van der Waals surface area contributed by atoms with Crippen LogP contribution in [0.15, 0.2) is 29.8 Å². The van der Waals surface area contributed by atoms with E-state index in [1.54, 1.807) is 0 Å². The first-order valence-corrected chi connectivity index (χ1v) is 4.58. The molecule has 0 radical (unpaired) electrons. The molecule has 0 heterocycles. The number of nitrogens with zero attached hydrogens (tertiary/aromatic N) is 1. The van der Waals surface area contributed by atoms with Gasteiger partial charge in [0, 0.05) is 5.56 Å². The zero-order valence-electron chi connectivity index (χ0n) is 8.82. The lowest BCUT2D eigenvalue weighted by atomic mass is 10.1. The average molecular weight is 256 g/mol. The van der Waals surface area contributed by atoms with Gasteiger partial charge in [0.1, 0.15) is 11.8 Å². The molecule has 3 N–H and O–H groups in total. The number of alkyl halides is 3. The van der Waals surface area contributed by atoms with E-state index < -0.39 is 29.0 Å². The van der Waals surface area contributed by atoms with E-state index in [-0.39, 0.29) is 5.56 Å². The van der Waals surface area contributed by atoms with Crippen molar-refractivity contribution in [3.8, 4) is 6.07 Å². The van der Waals surface area contributed by atoms with Crippen molar-refractivity contribution in [1.29, 1.82) is 5.26 Å². The van der Waals surface area contributed by atoms with Crippen LogP contribution in [0.3, 0.4) is 0 Å². The second-order valence-electron chi connectivity index (χ2n) is 3.27. The van der Waals surface area contributed by atoms with E-state index >= 15 is 0 Å². The first-order valence-electron chi connectivity index (χ1n) is 4.58. The maximum atomic E-state index is 12.3. The fourth-order valence-electron chi connectivity index (χ4n) is 1.19. The van der Waals surface area contributed by atoms with Gasteiger partial charge in [-0.15, -0.1) is 0 Å². The monoisotopic (exact) mass is 256 g/mol. The van der Waals surface area contributed by atoms with Gasteiger partial charge in [-0.1, -0.05) is 12.1 Å². The number of halogens is 3. The molecule has 18 heavy (non-hydrogen) atoms. The Morgan fingerprint density at radius 1 is 1.28 bits per heavy atom. The molecule has 0 aromatic heterocycles. The molecule has 1 aromatic carbocycles. The molecule has 7 heteroatoms. The quantitative estimate of drug-likeness (QED) is 0.482. The number of aliphatic hydroxyl groups excluding tert-OH is 1. The molecular weight excluding hydrogens is 249 g/mol. The number of hydrogen-bond acceptors (Lipinski definition) is 3. The normalized spacial score (nSPS) is 12.6. The van der Waals surface area contributed by atoms with Crippen LogP contribution in [-0.2, 0) is 11.0 Å². The van der Waals surface area contributed by atoms with Gasteiger partial charge in [-0.2, -0.15) is 18.4 Å². The van der Waals surface area contributed by atoms with Crippen LogP contribution in [0.5, 0.6) is 0 Å². The second-order valence-corrected chi connectivity index (χ2v) is 3.27. The first-order chi connectivity index (χ1) is 8.27. The highest BCUT2D eigenvalue weighted by Gasteiger charge is 2.30. The Morgan fingerprint density at radius 2 is 1.78 bits per heavy atom. The Bertz CT molecular complexity index is 539. The fraction of sp³-hybridized carbons (Fsp3) is 0.0909. The van der Waals surface area contributed by atoms with Crippen LogP contribution in [0.4, 0.5) is 13.2 Å². The van der Waals surface area contributed by atoms with Gasteiger partial charge in [-0.05, 0) is 12.1 Å². The van der Waals surface area contributed by atoms with E-state index in [1.165, 1.54) is 6.07 Å². The maximum absolute atomic E-state index is 12.3. The van der Waals surface area contributed by atoms with Crippen molar-refractivity contribution in [2.45, 2.75) is 6.18 Å². The Morgan fingerprint density at radius 3 is 2.11 bits per heavy atom. The van der Waals surface area contributed by atoms with Crippen molar-refractivity contribution >= 4 is 11.7 Å². The lowest BCUT2D eigenvalue weighted by Gasteiger charge is -2.07. The van der Waals surface area contributed by atoms with E-state index in [2.05, 4.69) is 0 Å². The zero-order valence-corrected chi connectivity index (χ0v) is 8.82. The zero-order chi connectivity index (χ0) is 13.9. The smallest absolute Gasteiger partial charge is 0.416 e. The third kappa shape index (κ3) is 2.79. The summed E-state index contributed by atoms with van der Waals surface area (Å²) >= 11 is 0. The number of carbonyl (C=O) groups is 1.